The van der Waals surface area contributed by atoms with Crippen molar-refractivity contribution in [1.29, 1.82) is 0 Å². The molecule has 0 atom stereocenters. The predicted molar refractivity (Wildman–Crippen MR) is 73.2 cm³/mol. The number of hydrogen-bond acceptors (Lipinski definition) is 3. The minimum Gasteiger partial charge on any atom is -0.457 e. The Kier molecular flexibility index (Phi) is 4.13. The first-order valence-corrected chi connectivity index (χ1v) is 6.13. The highest BCUT2D eigenvalue weighted by atomic mass is 79.9. The van der Waals surface area contributed by atoms with E-state index in [-0.39, 0.29) is 5.82 Å². The van der Waals surface area contributed by atoms with Crippen molar-refractivity contribution in [3.8, 4) is 11.3 Å². The van der Waals surface area contributed by atoms with E-state index in [1.807, 2.05) is 5.43 Å². The molecule has 6 heteroatoms. The van der Waals surface area contributed by atoms with Crippen LogP contribution in [0.25, 0.3) is 17.4 Å². The van der Waals surface area contributed by atoms with Crippen molar-refractivity contribution < 1.29 is 13.6 Å². The number of hydrogen-bond donors (Lipinski definition) is 2. The summed E-state index contributed by atoms with van der Waals surface area (Å²) >= 11 is 3.18. The minimum absolute atomic E-state index is 0.353. The zero-order chi connectivity index (χ0) is 13.8. The maximum atomic E-state index is 13.7. The van der Waals surface area contributed by atoms with Crippen molar-refractivity contribution in [2.45, 2.75) is 0 Å². The van der Waals surface area contributed by atoms with Crippen LogP contribution in [0.2, 0.25) is 0 Å². The van der Waals surface area contributed by atoms with E-state index < -0.39 is 5.91 Å². The molecular formula is C13H10BrFN2O2. The summed E-state index contributed by atoms with van der Waals surface area (Å²) in [5.74, 6) is 4.91. The van der Waals surface area contributed by atoms with Gasteiger partial charge in [-0.1, -0.05) is 15.9 Å². The summed E-state index contributed by atoms with van der Waals surface area (Å²) < 4.78 is 19.8. The molecular weight excluding hydrogens is 315 g/mol. The smallest absolute Gasteiger partial charge is 0.258 e. The van der Waals surface area contributed by atoms with Gasteiger partial charge in [0.1, 0.15) is 17.3 Å². The number of hydrazine groups is 1. The number of rotatable bonds is 3. The summed E-state index contributed by atoms with van der Waals surface area (Å²) in [5.41, 5.74) is 2.31. The van der Waals surface area contributed by atoms with Crippen molar-refractivity contribution in [1.82, 2.24) is 5.43 Å². The van der Waals surface area contributed by atoms with Crippen molar-refractivity contribution in [2.24, 2.45) is 5.84 Å². The normalized spacial score (nSPS) is 10.9. The number of benzene rings is 1. The molecule has 2 rings (SSSR count). The van der Waals surface area contributed by atoms with Crippen LogP contribution in [-0.2, 0) is 4.79 Å². The molecule has 3 N–H and O–H groups in total. The molecule has 98 valence electrons. The minimum atomic E-state index is -0.451. The number of carbonyl (C=O) groups excluding carboxylic acids is 1. The highest BCUT2D eigenvalue weighted by Crippen LogP contribution is 2.27. The molecule has 1 heterocycles. The Morgan fingerprint density at radius 1 is 1.37 bits per heavy atom. The van der Waals surface area contributed by atoms with Gasteiger partial charge in [-0.2, -0.15) is 0 Å². The average Bonchev–Trinajstić information content (AvgIpc) is 2.84. The van der Waals surface area contributed by atoms with Crippen LogP contribution in [0.3, 0.4) is 0 Å². The summed E-state index contributed by atoms with van der Waals surface area (Å²) in [4.78, 5) is 10.9. The molecule has 1 amide bonds. The first-order chi connectivity index (χ1) is 9.10. The fourth-order valence-electron chi connectivity index (χ4n) is 1.48. The first-order valence-electron chi connectivity index (χ1n) is 5.34. The molecule has 1 aromatic carbocycles. The van der Waals surface area contributed by atoms with Crippen molar-refractivity contribution >= 4 is 27.9 Å². The van der Waals surface area contributed by atoms with Crippen molar-refractivity contribution in [3.63, 3.8) is 0 Å². The lowest BCUT2D eigenvalue weighted by Gasteiger charge is -1.99. The van der Waals surface area contributed by atoms with Crippen LogP contribution in [0.4, 0.5) is 4.39 Å². The second kappa shape index (κ2) is 5.81. The Labute approximate surface area is 117 Å². The summed E-state index contributed by atoms with van der Waals surface area (Å²) in [6, 6.07) is 7.95. The lowest BCUT2D eigenvalue weighted by Crippen LogP contribution is -2.27. The SMILES string of the molecule is NNC(=O)/C=C/c1ccc(-c2ccc(Br)cc2F)o1. The highest BCUT2D eigenvalue weighted by Gasteiger charge is 2.09. The van der Waals surface area contributed by atoms with E-state index in [9.17, 15) is 9.18 Å². The van der Waals surface area contributed by atoms with Gasteiger partial charge >= 0.3 is 0 Å². The van der Waals surface area contributed by atoms with Gasteiger partial charge in [0.15, 0.2) is 0 Å². The highest BCUT2D eigenvalue weighted by molar-refractivity contribution is 9.10. The van der Waals surface area contributed by atoms with Gasteiger partial charge in [-0.05, 0) is 36.4 Å². The molecule has 0 aliphatic rings. The molecule has 0 aliphatic carbocycles. The third kappa shape index (κ3) is 3.30. The van der Waals surface area contributed by atoms with Crippen LogP contribution in [0.15, 0.2) is 45.3 Å². The summed E-state index contributed by atoms with van der Waals surface area (Å²) in [6.07, 6.45) is 2.67. The standard InChI is InChI=1S/C13H10BrFN2O2/c14-8-1-4-10(11(15)7-8)12-5-2-9(19-12)3-6-13(18)17-16/h1-7H,16H2,(H,17,18)/b6-3+. The zero-order valence-corrected chi connectivity index (χ0v) is 11.3. The lowest BCUT2D eigenvalue weighted by molar-refractivity contribution is -0.116. The molecule has 0 saturated heterocycles. The molecule has 0 fully saturated rings. The molecule has 19 heavy (non-hydrogen) atoms. The summed E-state index contributed by atoms with van der Waals surface area (Å²) in [6.45, 7) is 0. The second-order valence-corrected chi connectivity index (χ2v) is 4.58. The second-order valence-electron chi connectivity index (χ2n) is 3.67. The molecule has 1 aromatic heterocycles. The summed E-state index contributed by atoms with van der Waals surface area (Å²) in [7, 11) is 0. The first kappa shape index (κ1) is 13.5. The zero-order valence-electron chi connectivity index (χ0n) is 9.69. The van der Waals surface area contributed by atoms with E-state index in [1.54, 1.807) is 24.3 Å². The topological polar surface area (TPSA) is 68.3 Å². The van der Waals surface area contributed by atoms with Crippen LogP contribution < -0.4 is 11.3 Å². The number of amides is 1. The van der Waals surface area contributed by atoms with Gasteiger partial charge < -0.3 is 4.42 Å². The molecule has 2 aromatic rings. The van der Waals surface area contributed by atoms with Gasteiger partial charge in [0.05, 0.1) is 5.56 Å². The van der Waals surface area contributed by atoms with E-state index in [0.29, 0.717) is 21.6 Å². The van der Waals surface area contributed by atoms with Gasteiger partial charge in [-0.3, -0.25) is 10.2 Å². The van der Waals surface area contributed by atoms with Crippen LogP contribution >= 0.6 is 15.9 Å². The number of carbonyl (C=O) groups is 1. The van der Waals surface area contributed by atoms with Crippen LogP contribution in [0.5, 0.6) is 0 Å². The maximum Gasteiger partial charge on any atom is 0.258 e. The number of nitrogens with two attached hydrogens (primary N) is 1. The van der Waals surface area contributed by atoms with Crippen molar-refractivity contribution in [2.75, 3.05) is 0 Å². The Morgan fingerprint density at radius 3 is 2.84 bits per heavy atom. The van der Waals surface area contributed by atoms with Gasteiger partial charge in [0, 0.05) is 10.5 Å². The van der Waals surface area contributed by atoms with E-state index in [0.717, 1.165) is 0 Å². The predicted octanol–water partition coefficient (Wildman–Crippen LogP) is 2.85. The third-order valence-electron chi connectivity index (χ3n) is 2.36. The average molecular weight is 325 g/mol. The third-order valence-corrected chi connectivity index (χ3v) is 2.86. The van der Waals surface area contributed by atoms with E-state index >= 15 is 0 Å². The molecule has 0 bridgehead atoms. The van der Waals surface area contributed by atoms with Gasteiger partial charge in [0.2, 0.25) is 0 Å². The van der Waals surface area contributed by atoms with Crippen LogP contribution in [0, 0.1) is 5.82 Å². The Morgan fingerprint density at radius 2 is 2.16 bits per heavy atom. The largest absolute Gasteiger partial charge is 0.457 e. The lowest BCUT2D eigenvalue weighted by atomic mass is 10.1. The molecule has 0 unspecified atom stereocenters. The number of furan rings is 1. The fraction of sp³-hybridized carbons (Fsp3) is 0. The molecule has 0 radical (unpaired) electrons. The molecule has 0 spiro atoms. The van der Waals surface area contributed by atoms with Gasteiger partial charge in [-0.25, -0.2) is 10.2 Å². The quantitative estimate of drug-likeness (QED) is 0.395. The Hall–Kier alpha value is -1.92. The van der Waals surface area contributed by atoms with E-state index in [4.69, 9.17) is 10.3 Å². The van der Waals surface area contributed by atoms with E-state index in [1.165, 1.54) is 18.2 Å². The Bertz CT molecular complexity index is 637. The van der Waals surface area contributed by atoms with Gasteiger partial charge in [0.25, 0.3) is 5.91 Å². The van der Waals surface area contributed by atoms with Crippen molar-refractivity contribution in [3.05, 3.63) is 52.5 Å². The van der Waals surface area contributed by atoms with Gasteiger partial charge in [-0.15, -0.1) is 0 Å². The number of halogens is 2. The number of nitrogens with one attached hydrogen (secondary N) is 1. The van der Waals surface area contributed by atoms with E-state index in [2.05, 4.69) is 15.9 Å². The summed E-state index contributed by atoms with van der Waals surface area (Å²) in [5, 5.41) is 0. The fourth-order valence-corrected chi connectivity index (χ4v) is 1.82. The van der Waals surface area contributed by atoms with Crippen LogP contribution in [-0.4, -0.2) is 5.91 Å². The molecule has 4 nitrogen and oxygen atoms in total. The van der Waals surface area contributed by atoms with Crippen LogP contribution in [0.1, 0.15) is 5.76 Å². The Balaban J connectivity index is 2.26. The molecule has 0 saturated carbocycles. The monoisotopic (exact) mass is 324 g/mol. The molecule has 0 aliphatic heterocycles. The maximum absolute atomic E-state index is 13.7.